The number of carbonyl (C=O) groups excluding carboxylic acids is 1. The van der Waals surface area contributed by atoms with E-state index in [1.54, 1.807) is 6.33 Å². The molecule has 0 aliphatic carbocycles. The molecule has 0 N–H and O–H groups in total. The van der Waals surface area contributed by atoms with Crippen molar-refractivity contribution in [3.63, 3.8) is 0 Å². The van der Waals surface area contributed by atoms with Crippen LogP contribution in [0.1, 0.15) is 29.4 Å². The van der Waals surface area contributed by atoms with Crippen molar-refractivity contribution in [2.75, 3.05) is 49.2 Å². The smallest absolute Gasteiger partial charge is 0.158 e. The molecule has 3 aliphatic heterocycles. The lowest BCUT2D eigenvalue weighted by atomic mass is 10.00. The molecule has 0 unspecified atom stereocenters. The van der Waals surface area contributed by atoms with Gasteiger partial charge in [0.1, 0.15) is 17.8 Å². The summed E-state index contributed by atoms with van der Waals surface area (Å²) >= 11 is 0. The quantitative estimate of drug-likeness (QED) is 0.472. The molecule has 3 aliphatic rings. The average Bonchev–Trinajstić information content (AvgIpc) is 3.32. The van der Waals surface area contributed by atoms with Crippen LogP contribution in [-0.4, -0.2) is 65.8 Å². The third-order valence-electron chi connectivity index (χ3n) is 7.07. The number of morpholine rings is 1. The Morgan fingerprint density at radius 1 is 1.00 bits per heavy atom. The number of aromatic nitrogens is 3. The minimum Gasteiger partial charge on any atom is -0.378 e. The zero-order valence-electron chi connectivity index (χ0n) is 21.0. The summed E-state index contributed by atoms with van der Waals surface area (Å²) in [4.78, 5) is 35.7. The standard InChI is InChI=1S/C28H30N6O2.ClH/c1-19-16-34(17-19)23-6-7-29-22(13-23)14-24(35)12-20-2-4-21(5-3-20)25-15-26-27(32-25)28(31-18-30-26)33-8-10-36-11-9-33;/h2-7,13,18-19H,8-12,14-17H2,1H3;1H. The summed E-state index contributed by atoms with van der Waals surface area (Å²) in [6, 6.07) is 12.2. The number of rotatable bonds is 7. The van der Waals surface area contributed by atoms with Crippen molar-refractivity contribution in [1.29, 1.82) is 0 Å². The molecular weight excluding hydrogens is 488 g/mol. The molecule has 0 radical (unpaired) electrons. The molecule has 6 rings (SSSR count). The maximum absolute atomic E-state index is 12.8. The van der Waals surface area contributed by atoms with Gasteiger partial charge in [0.25, 0.3) is 0 Å². The molecule has 1 aromatic carbocycles. The lowest BCUT2D eigenvalue weighted by Gasteiger charge is -2.39. The first kappa shape index (κ1) is 25.3. The SMILES string of the molecule is CC1CN(c2ccnc(CC(=O)Cc3ccc(C4=Nc5c(ncnc5N5CCOCC5)C4)cc3)c2)C1.Cl. The summed E-state index contributed by atoms with van der Waals surface area (Å²) in [5.74, 6) is 1.79. The third-order valence-corrected chi connectivity index (χ3v) is 7.07. The number of hydrogen-bond donors (Lipinski definition) is 0. The molecule has 9 heteroatoms. The lowest BCUT2D eigenvalue weighted by molar-refractivity contribution is -0.117. The normalized spacial score (nSPS) is 17.1. The van der Waals surface area contributed by atoms with Gasteiger partial charge in [0.05, 0.1) is 24.6 Å². The minimum atomic E-state index is 0. The molecule has 2 saturated heterocycles. The molecule has 192 valence electrons. The largest absolute Gasteiger partial charge is 0.378 e. The second kappa shape index (κ2) is 10.9. The van der Waals surface area contributed by atoms with Crippen molar-refractivity contribution >= 4 is 41.1 Å². The van der Waals surface area contributed by atoms with Gasteiger partial charge in [0, 0.05) is 63.0 Å². The van der Waals surface area contributed by atoms with E-state index in [0.717, 1.165) is 77.5 Å². The highest BCUT2D eigenvalue weighted by Gasteiger charge is 2.25. The Hall–Kier alpha value is -3.36. The van der Waals surface area contributed by atoms with E-state index in [2.05, 4.69) is 49.9 Å². The summed E-state index contributed by atoms with van der Waals surface area (Å²) < 4.78 is 5.48. The summed E-state index contributed by atoms with van der Waals surface area (Å²) in [5, 5.41) is 0. The van der Waals surface area contributed by atoms with Gasteiger partial charge in [-0.3, -0.25) is 9.78 Å². The summed E-state index contributed by atoms with van der Waals surface area (Å²) in [6.45, 7) is 7.43. The number of pyridine rings is 1. The van der Waals surface area contributed by atoms with E-state index in [1.165, 1.54) is 0 Å². The summed E-state index contributed by atoms with van der Waals surface area (Å²) in [7, 11) is 0. The third kappa shape index (κ3) is 5.50. The second-order valence-corrected chi connectivity index (χ2v) is 9.93. The van der Waals surface area contributed by atoms with Crippen molar-refractivity contribution in [2.45, 2.75) is 26.2 Å². The zero-order valence-corrected chi connectivity index (χ0v) is 21.8. The number of ketones is 1. The van der Waals surface area contributed by atoms with Crippen molar-refractivity contribution in [3.05, 3.63) is 71.4 Å². The van der Waals surface area contributed by atoms with Crippen LogP contribution < -0.4 is 9.80 Å². The van der Waals surface area contributed by atoms with Crippen LogP contribution in [0.25, 0.3) is 0 Å². The van der Waals surface area contributed by atoms with E-state index in [0.29, 0.717) is 32.5 Å². The highest BCUT2D eigenvalue weighted by Crippen LogP contribution is 2.35. The average molecular weight is 519 g/mol. The first-order chi connectivity index (χ1) is 17.6. The van der Waals surface area contributed by atoms with Gasteiger partial charge in [0.15, 0.2) is 5.82 Å². The highest BCUT2D eigenvalue weighted by atomic mass is 35.5. The van der Waals surface area contributed by atoms with Gasteiger partial charge in [-0.2, -0.15) is 0 Å². The van der Waals surface area contributed by atoms with Gasteiger partial charge in [-0.25, -0.2) is 15.0 Å². The van der Waals surface area contributed by atoms with E-state index < -0.39 is 0 Å². The molecule has 0 atom stereocenters. The van der Waals surface area contributed by atoms with Crippen LogP contribution in [0.15, 0.2) is 53.9 Å². The van der Waals surface area contributed by atoms with Crippen LogP contribution in [0.4, 0.5) is 17.2 Å². The molecule has 2 aromatic heterocycles. The van der Waals surface area contributed by atoms with Crippen LogP contribution in [0, 0.1) is 5.92 Å². The molecule has 8 nitrogen and oxygen atoms in total. The van der Waals surface area contributed by atoms with E-state index in [9.17, 15) is 4.79 Å². The van der Waals surface area contributed by atoms with Crippen molar-refractivity contribution in [3.8, 4) is 0 Å². The number of hydrogen-bond acceptors (Lipinski definition) is 8. The number of aliphatic imine (C=N–C) groups is 1. The Morgan fingerprint density at radius 2 is 1.78 bits per heavy atom. The number of fused-ring (bicyclic) bond motifs is 1. The zero-order chi connectivity index (χ0) is 24.5. The lowest BCUT2D eigenvalue weighted by Crippen LogP contribution is -2.45. The van der Waals surface area contributed by atoms with Gasteiger partial charge in [-0.15, -0.1) is 12.4 Å². The number of halogens is 1. The van der Waals surface area contributed by atoms with E-state index >= 15 is 0 Å². The summed E-state index contributed by atoms with van der Waals surface area (Å²) in [5.41, 5.74) is 6.87. The highest BCUT2D eigenvalue weighted by molar-refractivity contribution is 6.07. The van der Waals surface area contributed by atoms with Gasteiger partial charge < -0.3 is 14.5 Å². The predicted molar refractivity (Wildman–Crippen MR) is 147 cm³/mol. The Labute approximate surface area is 223 Å². The Kier molecular flexibility index (Phi) is 7.48. The number of ether oxygens (including phenoxy) is 1. The van der Waals surface area contributed by atoms with Crippen molar-refractivity contribution in [2.24, 2.45) is 10.9 Å². The topological polar surface area (TPSA) is 83.8 Å². The van der Waals surface area contributed by atoms with Gasteiger partial charge in [0.2, 0.25) is 0 Å². The van der Waals surface area contributed by atoms with Crippen LogP contribution in [-0.2, 0) is 28.8 Å². The molecule has 5 heterocycles. The Bertz CT molecular complexity index is 1300. The number of anilines is 2. The van der Waals surface area contributed by atoms with E-state index in [1.807, 2.05) is 24.4 Å². The Morgan fingerprint density at radius 3 is 2.54 bits per heavy atom. The van der Waals surface area contributed by atoms with Crippen LogP contribution in [0.2, 0.25) is 0 Å². The number of nitrogens with zero attached hydrogens (tertiary/aromatic N) is 6. The minimum absolute atomic E-state index is 0. The molecule has 0 bridgehead atoms. The monoisotopic (exact) mass is 518 g/mol. The van der Waals surface area contributed by atoms with Crippen molar-refractivity contribution in [1.82, 2.24) is 15.0 Å². The molecule has 37 heavy (non-hydrogen) atoms. The number of carbonyl (C=O) groups is 1. The molecule has 2 fully saturated rings. The van der Waals surface area contributed by atoms with Gasteiger partial charge in [-0.1, -0.05) is 31.2 Å². The van der Waals surface area contributed by atoms with E-state index in [4.69, 9.17) is 9.73 Å². The molecular formula is C28H31ClN6O2. The fourth-order valence-electron chi connectivity index (χ4n) is 5.13. The van der Waals surface area contributed by atoms with Crippen LogP contribution >= 0.6 is 12.4 Å². The molecule has 0 spiro atoms. The molecule has 3 aromatic rings. The van der Waals surface area contributed by atoms with Crippen LogP contribution in [0.3, 0.4) is 0 Å². The number of Topliss-reactive ketones (excluding diaryl/α,β-unsaturated/α-hetero) is 1. The van der Waals surface area contributed by atoms with Gasteiger partial charge in [-0.05, 0) is 29.2 Å². The first-order valence-corrected chi connectivity index (χ1v) is 12.7. The van der Waals surface area contributed by atoms with E-state index in [-0.39, 0.29) is 18.2 Å². The first-order valence-electron chi connectivity index (χ1n) is 12.7. The predicted octanol–water partition coefficient (Wildman–Crippen LogP) is 3.62. The Balaban J connectivity index is 0.00000280. The maximum atomic E-state index is 12.8. The summed E-state index contributed by atoms with van der Waals surface area (Å²) in [6.07, 6.45) is 4.87. The molecule has 0 saturated carbocycles. The van der Waals surface area contributed by atoms with Crippen molar-refractivity contribution < 1.29 is 9.53 Å². The fraction of sp³-hybridized carbons (Fsp3) is 0.393. The number of benzene rings is 1. The van der Waals surface area contributed by atoms with Crippen LogP contribution in [0.5, 0.6) is 0 Å². The second-order valence-electron chi connectivity index (χ2n) is 9.93. The molecule has 0 amide bonds. The maximum Gasteiger partial charge on any atom is 0.158 e. The fourth-order valence-corrected chi connectivity index (χ4v) is 5.13. The van der Waals surface area contributed by atoms with Gasteiger partial charge >= 0.3 is 0 Å².